The molecular formula is C22H21N5O2. The van der Waals surface area contributed by atoms with Crippen molar-refractivity contribution in [2.45, 2.75) is 26.3 Å². The molecule has 7 heteroatoms. The van der Waals surface area contributed by atoms with Gasteiger partial charge in [0.25, 0.3) is 5.91 Å². The molecule has 2 N–H and O–H groups in total. The zero-order valence-corrected chi connectivity index (χ0v) is 16.1. The van der Waals surface area contributed by atoms with E-state index in [4.69, 9.17) is 4.52 Å². The van der Waals surface area contributed by atoms with Crippen molar-refractivity contribution in [3.63, 3.8) is 0 Å². The molecule has 1 amide bonds. The molecule has 0 spiro atoms. The molecule has 3 heterocycles. The van der Waals surface area contributed by atoms with Gasteiger partial charge in [-0.3, -0.25) is 14.9 Å². The summed E-state index contributed by atoms with van der Waals surface area (Å²) in [4.78, 5) is 16.4. The van der Waals surface area contributed by atoms with Crippen molar-refractivity contribution in [3.8, 4) is 22.4 Å². The molecule has 7 nitrogen and oxygen atoms in total. The Labute approximate surface area is 168 Å². The Kier molecular flexibility index (Phi) is 5.47. The van der Waals surface area contributed by atoms with Gasteiger partial charge in [-0.2, -0.15) is 5.10 Å². The molecular weight excluding hydrogens is 366 g/mol. The van der Waals surface area contributed by atoms with Gasteiger partial charge < -0.3 is 9.84 Å². The summed E-state index contributed by atoms with van der Waals surface area (Å²) < 4.78 is 5.18. The van der Waals surface area contributed by atoms with Gasteiger partial charge in [0.05, 0.1) is 11.9 Å². The average Bonchev–Trinajstić information content (AvgIpc) is 3.43. The fourth-order valence-corrected chi connectivity index (χ4v) is 3.15. The lowest BCUT2D eigenvalue weighted by molar-refractivity contribution is 0.0941. The number of amides is 1. The van der Waals surface area contributed by atoms with E-state index >= 15 is 0 Å². The van der Waals surface area contributed by atoms with Crippen LogP contribution in [0.25, 0.3) is 22.4 Å². The minimum Gasteiger partial charge on any atom is -0.361 e. The lowest BCUT2D eigenvalue weighted by Crippen LogP contribution is -2.23. The van der Waals surface area contributed by atoms with Crippen LogP contribution in [0.4, 0.5) is 0 Å². The minimum absolute atomic E-state index is 0.250. The van der Waals surface area contributed by atoms with Gasteiger partial charge in [0.2, 0.25) is 0 Å². The SMILES string of the molecule is CCCc1cc(C(=O)NCc2cccc(-c3[nH]ncc3-c3ccncc3)c2)no1. The van der Waals surface area contributed by atoms with Crippen molar-refractivity contribution in [2.75, 3.05) is 0 Å². The van der Waals surface area contributed by atoms with E-state index in [1.165, 1.54) is 0 Å². The van der Waals surface area contributed by atoms with E-state index in [0.717, 1.165) is 46.5 Å². The summed E-state index contributed by atoms with van der Waals surface area (Å²) in [6.07, 6.45) is 7.03. The third-order valence-corrected chi connectivity index (χ3v) is 4.59. The molecule has 0 fully saturated rings. The van der Waals surface area contributed by atoms with E-state index < -0.39 is 0 Å². The van der Waals surface area contributed by atoms with Crippen LogP contribution in [0.1, 0.15) is 35.2 Å². The van der Waals surface area contributed by atoms with E-state index in [-0.39, 0.29) is 5.91 Å². The molecule has 0 saturated carbocycles. The fraction of sp³-hybridized carbons (Fsp3) is 0.182. The summed E-state index contributed by atoms with van der Waals surface area (Å²) in [5.41, 5.74) is 5.23. The molecule has 0 aliphatic heterocycles. The van der Waals surface area contributed by atoms with Gasteiger partial charge in [-0.15, -0.1) is 0 Å². The maximum Gasteiger partial charge on any atom is 0.273 e. The molecule has 4 aromatic rings. The second kappa shape index (κ2) is 8.52. The van der Waals surface area contributed by atoms with Crippen LogP contribution >= 0.6 is 0 Å². The van der Waals surface area contributed by atoms with Crippen LogP contribution in [0, 0.1) is 0 Å². The van der Waals surface area contributed by atoms with E-state index in [1.54, 1.807) is 24.7 Å². The summed E-state index contributed by atoms with van der Waals surface area (Å²) in [5.74, 6) is 0.475. The number of nitrogens with one attached hydrogen (secondary N) is 2. The van der Waals surface area contributed by atoms with Crippen LogP contribution in [-0.4, -0.2) is 26.2 Å². The first kappa shape index (κ1) is 18.6. The van der Waals surface area contributed by atoms with Crippen molar-refractivity contribution < 1.29 is 9.32 Å². The second-order valence-electron chi connectivity index (χ2n) is 6.71. The third kappa shape index (κ3) is 4.24. The van der Waals surface area contributed by atoms with Gasteiger partial charge in [-0.25, -0.2) is 0 Å². The molecule has 3 aromatic heterocycles. The Morgan fingerprint density at radius 2 is 2.00 bits per heavy atom. The number of carbonyl (C=O) groups is 1. The van der Waals surface area contributed by atoms with E-state index in [1.807, 2.05) is 36.4 Å². The van der Waals surface area contributed by atoms with Gasteiger partial charge in [0, 0.05) is 42.6 Å². The molecule has 146 valence electrons. The number of aryl methyl sites for hydroxylation is 1. The molecule has 0 radical (unpaired) electrons. The predicted octanol–water partition coefficient (Wildman–Crippen LogP) is 4.01. The highest BCUT2D eigenvalue weighted by molar-refractivity contribution is 5.92. The Morgan fingerprint density at radius 3 is 2.83 bits per heavy atom. The van der Waals surface area contributed by atoms with Gasteiger partial charge in [0.1, 0.15) is 5.76 Å². The monoisotopic (exact) mass is 387 g/mol. The van der Waals surface area contributed by atoms with Crippen LogP contribution in [0.15, 0.2) is 65.6 Å². The lowest BCUT2D eigenvalue weighted by atomic mass is 10.0. The summed E-state index contributed by atoms with van der Waals surface area (Å²) >= 11 is 0. The van der Waals surface area contributed by atoms with E-state index in [2.05, 4.69) is 32.6 Å². The van der Waals surface area contributed by atoms with Gasteiger partial charge in [-0.1, -0.05) is 30.3 Å². The number of hydrogen-bond acceptors (Lipinski definition) is 5. The highest BCUT2D eigenvalue weighted by Gasteiger charge is 2.13. The summed E-state index contributed by atoms with van der Waals surface area (Å²) in [5, 5.41) is 14.0. The number of aromatic amines is 1. The van der Waals surface area contributed by atoms with Gasteiger partial charge in [-0.05, 0) is 35.7 Å². The molecule has 0 aliphatic carbocycles. The Bertz CT molecular complexity index is 1100. The highest BCUT2D eigenvalue weighted by atomic mass is 16.5. The van der Waals surface area contributed by atoms with Crippen molar-refractivity contribution in [1.29, 1.82) is 0 Å². The third-order valence-electron chi connectivity index (χ3n) is 4.59. The van der Waals surface area contributed by atoms with Crippen molar-refractivity contribution in [3.05, 3.63) is 78.1 Å². The number of hydrogen-bond donors (Lipinski definition) is 2. The van der Waals surface area contributed by atoms with Crippen LogP contribution in [0.3, 0.4) is 0 Å². The zero-order valence-electron chi connectivity index (χ0n) is 16.1. The maximum atomic E-state index is 12.3. The number of aromatic nitrogens is 4. The van der Waals surface area contributed by atoms with Crippen LogP contribution in [-0.2, 0) is 13.0 Å². The first-order valence-electron chi connectivity index (χ1n) is 9.51. The summed E-state index contributed by atoms with van der Waals surface area (Å²) in [6.45, 7) is 2.44. The predicted molar refractivity (Wildman–Crippen MR) is 109 cm³/mol. The molecule has 1 aromatic carbocycles. The largest absolute Gasteiger partial charge is 0.361 e. The number of carbonyl (C=O) groups excluding carboxylic acids is 1. The molecule has 4 rings (SSSR count). The Hall–Kier alpha value is -3.74. The minimum atomic E-state index is -0.250. The summed E-state index contributed by atoms with van der Waals surface area (Å²) in [7, 11) is 0. The molecule has 0 saturated heterocycles. The average molecular weight is 387 g/mol. The lowest BCUT2D eigenvalue weighted by Gasteiger charge is -2.07. The number of benzene rings is 1. The smallest absolute Gasteiger partial charge is 0.273 e. The van der Waals surface area contributed by atoms with Gasteiger partial charge in [0.15, 0.2) is 5.69 Å². The van der Waals surface area contributed by atoms with Crippen molar-refractivity contribution in [2.24, 2.45) is 0 Å². The number of rotatable bonds is 7. The first-order valence-corrected chi connectivity index (χ1v) is 9.51. The van der Waals surface area contributed by atoms with Gasteiger partial charge >= 0.3 is 0 Å². The van der Waals surface area contributed by atoms with Crippen LogP contribution in [0.2, 0.25) is 0 Å². The Balaban J connectivity index is 1.48. The molecule has 0 unspecified atom stereocenters. The van der Waals surface area contributed by atoms with Crippen LogP contribution < -0.4 is 5.32 Å². The summed E-state index contributed by atoms with van der Waals surface area (Å²) in [6, 6.07) is 13.6. The number of H-pyrrole nitrogens is 1. The molecule has 0 bridgehead atoms. The maximum absolute atomic E-state index is 12.3. The topological polar surface area (TPSA) is 96.7 Å². The quantitative estimate of drug-likeness (QED) is 0.499. The van der Waals surface area contributed by atoms with Crippen molar-refractivity contribution >= 4 is 5.91 Å². The highest BCUT2D eigenvalue weighted by Crippen LogP contribution is 2.30. The Morgan fingerprint density at radius 1 is 1.14 bits per heavy atom. The zero-order chi connectivity index (χ0) is 20.1. The molecule has 0 aliphatic rings. The fourth-order valence-electron chi connectivity index (χ4n) is 3.15. The standard InChI is InChI=1S/C22H21N5O2/c1-2-4-18-12-20(27-29-18)22(28)24-13-15-5-3-6-17(11-15)21-19(14-25-26-21)16-7-9-23-10-8-16/h3,5-12,14H,2,4,13H2,1H3,(H,24,28)(H,25,26). The first-order chi connectivity index (χ1) is 14.2. The van der Waals surface area contributed by atoms with E-state index in [0.29, 0.717) is 12.2 Å². The molecule has 0 atom stereocenters. The molecule has 29 heavy (non-hydrogen) atoms. The number of pyridine rings is 1. The number of nitrogens with zero attached hydrogens (tertiary/aromatic N) is 3. The second-order valence-corrected chi connectivity index (χ2v) is 6.71. The normalized spacial score (nSPS) is 10.8. The van der Waals surface area contributed by atoms with Crippen molar-refractivity contribution in [1.82, 2.24) is 25.7 Å². The van der Waals surface area contributed by atoms with Crippen LogP contribution in [0.5, 0.6) is 0 Å². The van der Waals surface area contributed by atoms with E-state index in [9.17, 15) is 4.79 Å².